The molecule has 0 atom stereocenters. The first kappa shape index (κ1) is 16.4. The number of unbranched alkanes of at least 4 members (excludes halogenated alkanes) is 4. The standard InChI is InChI=1S/C15H19NO2.C2H6/c1-2-3-4-5-8-11-16-14(17)12-9-6-7-10-13(12)15(16)18;1-2/h6-7,9-10H,2-5,8,11H2,1H3;1-2H3. The molecule has 0 N–H and O–H groups in total. The van der Waals surface area contributed by atoms with Gasteiger partial charge in [-0.1, -0.05) is 58.6 Å². The Balaban J connectivity index is 0.000000956. The minimum absolute atomic E-state index is 0.133. The van der Waals surface area contributed by atoms with E-state index in [1.807, 2.05) is 13.8 Å². The van der Waals surface area contributed by atoms with Crippen molar-refractivity contribution >= 4 is 11.8 Å². The summed E-state index contributed by atoms with van der Waals surface area (Å²) in [6.45, 7) is 6.72. The van der Waals surface area contributed by atoms with Gasteiger partial charge in [0.05, 0.1) is 11.1 Å². The zero-order valence-corrected chi connectivity index (χ0v) is 12.8. The number of carbonyl (C=O) groups is 2. The van der Waals surface area contributed by atoms with Gasteiger partial charge < -0.3 is 0 Å². The number of hydrogen-bond donors (Lipinski definition) is 0. The number of nitrogens with zero attached hydrogens (tertiary/aromatic N) is 1. The molecule has 2 amide bonds. The highest BCUT2D eigenvalue weighted by molar-refractivity contribution is 6.21. The quantitative estimate of drug-likeness (QED) is 0.574. The predicted molar refractivity (Wildman–Crippen MR) is 81.9 cm³/mol. The van der Waals surface area contributed by atoms with Crippen molar-refractivity contribution in [1.82, 2.24) is 4.90 Å². The summed E-state index contributed by atoms with van der Waals surface area (Å²) < 4.78 is 0. The third-order valence-corrected chi connectivity index (χ3v) is 3.36. The van der Waals surface area contributed by atoms with Crippen LogP contribution in [0.5, 0.6) is 0 Å². The van der Waals surface area contributed by atoms with E-state index in [4.69, 9.17) is 0 Å². The number of rotatable bonds is 6. The minimum Gasteiger partial charge on any atom is -0.274 e. The van der Waals surface area contributed by atoms with Crippen LogP contribution in [0, 0.1) is 0 Å². The van der Waals surface area contributed by atoms with E-state index in [-0.39, 0.29) is 11.8 Å². The average Bonchev–Trinajstić information content (AvgIpc) is 2.74. The number of hydrogen-bond acceptors (Lipinski definition) is 2. The lowest BCUT2D eigenvalue weighted by atomic mass is 10.1. The van der Waals surface area contributed by atoms with Crippen molar-refractivity contribution in [1.29, 1.82) is 0 Å². The normalized spacial score (nSPS) is 13.1. The summed E-state index contributed by atoms with van der Waals surface area (Å²) in [7, 11) is 0. The van der Waals surface area contributed by atoms with E-state index >= 15 is 0 Å². The first-order chi connectivity index (χ1) is 9.75. The molecule has 0 saturated carbocycles. The van der Waals surface area contributed by atoms with Crippen molar-refractivity contribution in [3.8, 4) is 0 Å². The molecule has 0 radical (unpaired) electrons. The molecule has 0 bridgehead atoms. The van der Waals surface area contributed by atoms with Crippen molar-refractivity contribution in [3.63, 3.8) is 0 Å². The molecule has 0 spiro atoms. The molecule has 3 nitrogen and oxygen atoms in total. The van der Waals surface area contributed by atoms with Gasteiger partial charge in [-0.25, -0.2) is 0 Å². The summed E-state index contributed by atoms with van der Waals surface area (Å²) in [6, 6.07) is 7.06. The van der Waals surface area contributed by atoms with Gasteiger partial charge in [0.2, 0.25) is 0 Å². The Labute approximate surface area is 122 Å². The number of carbonyl (C=O) groups excluding carboxylic acids is 2. The van der Waals surface area contributed by atoms with Crippen LogP contribution in [-0.4, -0.2) is 23.3 Å². The van der Waals surface area contributed by atoms with Crippen LogP contribution in [0.2, 0.25) is 0 Å². The number of fused-ring (bicyclic) bond motifs is 1. The van der Waals surface area contributed by atoms with Crippen LogP contribution in [0.4, 0.5) is 0 Å². The summed E-state index contributed by atoms with van der Waals surface area (Å²) in [6.07, 6.45) is 5.60. The van der Waals surface area contributed by atoms with Gasteiger partial charge in [-0.3, -0.25) is 14.5 Å². The maximum atomic E-state index is 12.0. The van der Waals surface area contributed by atoms with E-state index in [1.165, 1.54) is 24.2 Å². The third kappa shape index (κ3) is 3.69. The zero-order chi connectivity index (χ0) is 15.0. The summed E-state index contributed by atoms with van der Waals surface area (Å²) >= 11 is 0. The zero-order valence-electron chi connectivity index (χ0n) is 12.8. The lowest BCUT2D eigenvalue weighted by Crippen LogP contribution is -2.30. The van der Waals surface area contributed by atoms with Gasteiger partial charge in [0.25, 0.3) is 11.8 Å². The first-order valence-electron chi connectivity index (χ1n) is 7.71. The molecule has 0 aliphatic carbocycles. The Kier molecular flexibility index (Phi) is 6.99. The second-order valence-electron chi connectivity index (χ2n) is 4.72. The third-order valence-electron chi connectivity index (χ3n) is 3.36. The topological polar surface area (TPSA) is 37.4 Å². The molecule has 0 fully saturated rings. The monoisotopic (exact) mass is 275 g/mol. The molecule has 0 unspecified atom stereocenters. The molecular formula is C17H25NO2. The molecule has 1 aliphatic heterocycles. The van der Waals surface area contributed by atoms with Crippen LogP contribution >= 0.6 is 0 Å². The van der Waals surface area contributed by atoms with Crippen LogP contribution < -0.4 is 0 Å². The van der Waals surface area contributed by atoms with Crippen molar-refractivity contribution in [2.24, 2.45) is 0 Å². The highest BCUT2D eigenvalue weighted by Crippen LogP contribution is 2.22. The van der Waals surface area contributed by atoms with Gasteiger partial charge >= 0.3 is 0 Å². The highest BCUT2D eigenvalue weighted by atomic mass is 16.2. The van der Waals surface area contributed by atoms with Gasteiger partial charge in [0, 0.05) is 6.54 Å². The van der Waals surface area contributed by atoms with Crippen molar-refractivity contribution < 1.29 is 9.59 Å². The maximum Gasteiger partial charge on any atom is 0.261 e. The van der Waals surface area contributed by atoms with E-state index in [0.717, 1.165) is 12.8 Å². The maximum absolute atomic E-state index is 12.0. The Morgan fingerprint density at radius 3 is 1.85 bits per heavy atom. The fourth-order valence-electron chi connectivity index (χ4n) is 2.32. The Morgan fingerprint density at radius 1 is 0.850 bits per heavy atom. The summed E-state index contributed by atoms with van der Waals surface area (Å²) in [5.74, 6) is -0.266. The Hall–Kier alpha value is -1.64. The van der Waals surface area contributed by atoms with Crippen LogP contribution in [0.25, 0.3) is 0 Å². The Morgan fingerprint density at radius 2 is 1.35 bits per heavy atom. The molecule has 0 saturated heterocycles. The molecule has 1 heterocycles. The molecule has 1 aliphatic rings. The van der Waals surface area contributed by atoms with Gasteiger partial charge in [-0.05, 0) is 18.6 Å². The average molecular weight is 275 g/mol. The second kappa shape index (κ2) is 8.51. The lowest BCUT2D eigenvalue weighted by Gasteiger charge is -2.13. The molecule has 110 valence electrons. The van der Waals surface area contributed by atoms with Crippen molar-refractivity contribution in [2.75, 3.05) is 6.54 Å². The molecule has 1 aromatic carbocycles. The lowest BCUT2D eigenvalue weighted by molar-refractivity contribution is 0.0651. The van der Waals surface area contributed by atoms with E-state index < -0.39 is 0 Å². The first-order valence-corrected chi connectivity index (χ1v) is 7.71. The highest BCUT2D eigenvalue weighted by Gasteiger charge is 2.34. The molecule has 0 aromatic heterocycles. The molecule has 1 aromatic rings. The second-order valence-corrected chi connectivity index (χ2v) is 4.72. The fraction of sp³-hybridized carbons (Fsp3) is 0.529. The molecule has 2 rings (SSSR count). The molecular weight excluding hydrogens is 250 g/mol. The predicted octanol–water partition coefficient (Wildman–Crippen LogP) is 4.28. The van der Waals surface area contributed by atoms with Crippen LogP contribution in [0.1, 0.15) is 73.6 Å². The summed E-state index contributed by atoms with van der Waals surface area (Å²) in [5, 5.41) is 0. The van der Waals surface area contributed by atoms with E-state index in [1.54, 1.807) is 24.3 Å². The van der Waals surface area contributed by atoms with Gasteiger partial charge in [-0.15, -0.1) is 0 Å². The fourth-order valence-corrected chi connectivity index (χ4v) is 2.32. The number of amides is 2. The van der Waals surface area contributed by atoms with Crippen molar-refractivity contribution in [2.45, 2.75) is 52.9 Å². The van der Waals surface area contributed by atoms with Crippen LogP contribution in [-0.2, 0) is 0 Å². The van der Waals surface area contributed by atoms with E-state index in [0.29, 0.717) is 17.7 Å². The van der Waals surface area contributed by atoms with Gasteiger partial charge in [-0.2, -0.15) is 0 Å². The van der Waals surface area contributed by atoms with Crippen LogP contribution in [0.3, 0.4) is 0 Å². The van der Waals surface area contributed by atoms with Gasteiger partial charge in [0.15, 0.2) is 0 Å². The number of benzene rings is 1. The minimum atomic E-state index is -0.133. The number of imide groups is 1. The summed E-state index contributed by atoms with van der Waals surface area (Å²) in [4.78, 5) is 25.4. The van der Waals surface area contributed by atoms with Crippen molar-refractivity contribution in [3.05, 3.63) is 35.4 Å². The van der Waals surface area contributed by atoms with E-state index in [2.05, 4.69) is 6.92 Å². The Bertz CT molecular complexity index is 419. The largest absolute Gasteiger partial charge is 0.274 e. The molecule has 20 heavy (non-hydrogen) atoms. The smallest absolute Gasteiger partial charge is 0.261 e. The SMILES string of the molecule is CC.CCCCCCCN1C(=O)c2ccccc2C1=O. The molecule has 3 heteroatoms. The summed E-state index contributed by atoms with van der Waals surface area (Å²) in [5.41, 5.74) is 1.10. The van der Waals surface area contributed by atoms with E-state index in [9.17, 15) is 9.59 Å². The van der Waals surface area contributed by atoms with Crippen LogP contribution in [0.15, 0.2) is 24.3 Å². The van der Waals surface area contributed by atoms with Gasteiger partial charge in [0.1, 0.15) is 0 Å².